The average Bonchev–Trinajstić information content (AvgIpc) is 2.74. The number of unbranched alkanes of at least 4 members (excludes halogenated alkanes) is 12. The predicted molar refractivity (Wildman–Crippen MR) is 116 cm³/mol. The monoisotopic (exact) mass is 596 g/mol. The van der Waals surface area contributed by atoms with Crippen LogP contribution in [-0.2, 0) is 0 Å². The Hall–Kier alpha value is 0.1000. The zero-order valence-corrected chi connectivity index (χ0v) is 20.6. The third kappa shape index (κ3) is 6.01. The normalized spacial score (nSPS) is 23.3. The SMILES string of the molecule is CCCCCCCCCCCCCCCC(I)CC1(F)C(F)(F)C(F)(F)C(F)(F)C1(F)F. The maximum Gasteiger partial charge on any atom is 0.381 e. The Morgan fingerprint density at radius 1 is 0.500 bits per heavy atom. The van der Waals surface area contributed by atoms with Gasteiger partial charge in [0.15, 0.2) is 0 Å². The third-order valence-corrected chi connectivity index (χ3v) is 7.37. The molecular weight excluding hydrogens is 562 g/mol. The molecule has 0 amide bonds. The van der Waals surface area contributed by atoms with E-state index in [1.165, 1.54) is 61.1 Å². The average molecular weight is 596 g/mol. The summed E-state index contributed by atoms with van der Waals surface area (Å²) in [5.41, 5.74) is -5.31. The Kier molecular flexibility index (Phi) is 11.5. The fourth-order valence-electron chi connectivity index (χ4n) is 4.14. The maximum absolute atomic E-state index is 14.5. The van der Waals surface area contributed by atoms with Crippen molar-refractivity contribution in [2.45, 2.75) is 137 Å². The van der Waals surface area contributed by atoms with E-state index in [1.807, 2.05) is 0 Å². The van der Waals surface area contributed by atoms with Crippen LogP contribution in [0.4, 0.5) is 39.5 Å². The van der Waals surface area contributed by atoms with Crippen molar-refractivity contribution in [3.63, 3.8) is 0 Å². The Balaban J connectivity index is 2.30. The highest BCUT2D eigenvalue weighted by Crippen LogP contribution is 2.70. The first-order chi connectivity index (χ1) is 14.7. The summed E-state index contributed by atoms with van der Waals surface area (Å²) >= 11 is 1.40. The highest BCUT2D eigenvalue weighted by atomic mass is 127. The van der Waals surface area contributed by atoms with Gasteiger partial charge in [-0.25, -0.2) is 4.39 Å². The van der Waals surface area contributed by atoms with E-state index in [2.05, 4.69) is 6.92 Å². The van der Waals surface area contributed by atoms with Crippen molar-refractivity contribution in [2.24, 2.45) is 0 Å². The minimum absolute atomic E-state index is 0.00723. The highest BCUT2D eigenvalue weighted by Gasteiger charge is 3.00. The predicted octanol–water partition coefficient (Wildman–Crippen LogP) is 9.92. The van der Waals surface area contributed by atoms with E-state index in [4.69, 9.17) is 0 Å². The van der Waals surface area contributed by atoms with Crippen LogP contribution in [-0.4, -0.2) is 33.3 Å². The van der Waals surface area contributed by atoms with Gasteiger partial charge in [0.1, 0.15) is 0 Å². The molecule has 0 spiro atoms. The number of halogens is 10. The topological polar surface area (TPSA) is 0 Å². The largest absolute Gasteiger partial charge is 0.381 e. The molecule has 1 aliphatic rings. The van der Waals surface area contributed by atoms with Crippen molar-refractivity contribution < 1.29 is 39.5 Å². The van der Waals surface area contributed by atoms with Gasteiger partial charge in [-0.1, -0.05) is 113 Å². The van der Waals surface area contributed by atoms with Crippen molar-refractivity contribution in [2.75, 3.05) is 0 Å². The Morgan fingerprint density at radius 2 is 0.812 bits per heavy atom. The van der Waals surface area contributed by atoms with Gasteiger partial charge in [-0.3, -0.25) is 0 Å². The van der Waals surface area contributed by atoms with E-state index in [1.54, 1.807) is 0 Å². The minimum atomic E-state index is -6.47. The molecule has 0 aromatic carbocycles. The Morgan fingerprint density at radius 3 is 1.16 bits per heavy atom. The fourth-order valence-corrected chi connectivity index (χ4v) is 5.18. The Bertz CT molecular complexity index is 526. The maximum atomic E-state index is 14.5. The molecule has 32 heavy (non-hydrogen) atoms. The van der Waals surface area contributed by atoms with Gasteiger partial charge < -0.3 is 0 Å². The molecule has 1 aliphatic carbocycles. The summed E-state index contributed by atoms with van der Waals surface area (Å²) in [6.07, 6.45) is 11.8. The van der Waals surface area contributed by atoms with Crippen LogP contribution >= 0.6 is 22.6 Å². The second kappa shape index (κ2) is 12.2. The molecule has 10 heteroatoms. The van der Waals surface area contributed by atoms with Gasteiger partial charge in [-0.2, -0.15) is 35.1 Å². The molecule has 0 bridgehead atoms. The lowest BCUT2D eigenvalue weighted by Gasteiger charge is -2.32. The van der Waals surface area contributed by atoms with Crippen LogP contribution in [0.5, 0.6) is 0 Å². The van der Waals surface area contributed by atoms with Crippen molar-refractivity contribution in [3.05, 3.63) is 0 Å². The lowest BCUT2D eigenvalue weighted by Crippen LogP contribution is -2.55. The number of rotatable bonds is 16. The van der Waals surface area contributed by atoms with Gasteiger partial charge in [0, 0.05) is 10.3 Å². The van der Waals surface area contributed by atoms with E-state index in [0.717, 1.165) is 32.1 Å². The number of alkyl halides is 10. The molecule has 0 aliphatic heterocycles. The van der Waals surface area contributed by atoms with E-state index >= 15 is 0 Å². The lowest BCUT2D eigenvalue weighted by molar-refractivity contribution is -0.303. The molecule has 1 atom stereocenters. The van der Waals surface area contributed by atoms with E-state index in [-0.39, 0.29) is 6.42 Å². The third-order valence-electron chi connectivity index (χ3n) is 6.30. The molecule has 0 nitrogen and oxygen atoms in total. The molecule has 1 saturated carbocycles. The molecule has 1 fully saturated rings. The Labute approximate surface area is 198 Å². The van der Waals surface area contributed by atoms with Crippen LogP contribution in [0.15, 0.2) is 0 Å². The molecule has 1 rings (SSSR count). The first kappa shape index (κ1) is 30.1. The first-order valence-electron chi connectivity index (χ1n) is 11.5. The summed E-state index contributed by atoms with van der Waals surface area (Å²) in [7, 11) is 0. The summed E-state index contributed by atoms with van der Waals surface area (Å²) < 4.78 is 121. The van der Waals surface area contributed by atoms with Gasteiger partial charge >= 0.3 is 23.7 Å². The number of hydrogen-bond acceptors (Lipinski definition) is 0. The van der Waals surface area contributed by atoms with Crippen LogP contribution < -0.4 is 0 Å². The van der Waals surface area contributed by atoms with Gasteiger partial charge in [-0.15, -0.1) is 0 Å². The molecular formula is C22H34F9I. The summed E-state index contributed by atoms with van der Waals surface area (Å²) in [6.45, 7) is 2.17. The van der Waals surface area contributed by atoms with Crippen molar-refractivity contribution >= 4 is 22.6 Å². The summed E-state index contributed by atoms with van der Waals surface area (Å²) in [5, 5.41) is 0. The molecule has 0 heterocycles. The molecule has 0 radical (unpaired) electrons. The molecule has 0 aromatic heterocycles. The standard InChI is InChI=1S/C22H34F9I/c1-2-3-4-5-6-7-8-9-10-11-12-13-14-15-17(32)16-18(23)19(24,25)21(28,29)22(30,31)20(18,26)27/h17H,2-16H2,1H3. The van der Waals surface area contributed by atoms with Gasteiger partial charge in [0.05, 0.1) is 0 Å². The van der Waals surface area contributed by atoms with Crippen LogP contribution in [0, 0.1) is 0 Å². The van der Waals surface area contributed by atoms with Crippen molar-refractivity contribution in [3.8, 4) is 0 Å². The van der Waals surface area contributed by atoms with Crippen LogP contribution in [0.3, 0.4) is 0 Å². The van der Waals surface area contributed by atoms with E-state index < -0.39 is 39.7 Å². The van der Waals surface area contributed by atoms with Crippen LogP contribution in [0.25, 0.3) is 0 Å². The smallest absolute Gasteiger partial charge is 0.230 e. The molecule has 0 saturated heterocycles. The highest BCUT2D eigenvalue weighted by molar-refractivity contribution is 14.1. The van der Waals surface area contributed by atoms with Gasteiger partial charge in [-0.05, 0) is 6.42 Å². The molecule has 0 aromatic rings. The zero-order valence-electron chi connectivity index (χ0n) is 18.5. The second-order valence-electron chi connectivity index (χ2n) is 8.93. The number of hydrogen-bond donors (Lipinski definition) is 0. The fraction of sp³-hybridized carbons (Fsp3) is 1.00. The van der Waals surface area contributed by atoms with Crippen LogP contribution in [0.2, 0.25) is 0 Å². The molecule has 0 N–H and O–H groups in total. The van der Waals surface area contributed by atoms with Crippen molar-refractivity contribution in [1.29, 1.82) is 0 Å². The van der Waals surface area contributed by atoms with Crippen molar-refractivity contribution in [1.82, 2.24) is 0 Å². The zero-order chi connectivity index (χ0) is 24.7. The van der Waals surface area contributed by atoms with Crippen LogP contribution in [0.1, 0.15) is 103 Å². The molecule has 192 valence electrons. The quantitative estimate of drug-likeness (QED) is 0.0720. The molecule has 1 unspecified atom stereocenters. The lowest BCUT2D eigenvalue weighted by atomic mass is 9.90. The second-order valence-corrected chi connectivity index (χ2v) is 10.7. The minimum Gasteiger partial charge on any atom is -0.230 e. The summed E-state index contributed by atoms with van der Waals surface area (Å²) in [6, 6.07) is 0. The first-order valence-corrected chi connectivity index (χ1v) is 12.8. The van der Waals surface area contributed by atoms with Gasteiger partial charge in [0.2, 0.25) is 0 Å². The van der Waals surface area contributed by atoms with Gasteiger partial charge in [0.25, 0.3) is 5.67 Å². The van der Waals surface area contributed by atoms with E-state index in [9.17, 15) is 39.5 Å². The summed E-state index contributed by atoms with van der Waals surface area (Å²) in [4.78, 5) is 0. The van der Waals surface area contributed by atoms with E-state index in [0.29, 0.717) is 12.8 Å². The summed E-state index contributed by atoms with van der Waals surface area (Å²) in [5.74, 6) is -25.3.